The van der Waals surface area contributed by atoms with Crippen LogP contribution in [-0.4, -0.2) is 54.5 Å². The minimum Gasteiger partial charge on any atom is -0.341 e. The third-order valence-electron chi connectivity index (χ3n) is 4.54. The fourth-order valence-corrected chi connectivity index (χ4v) is 2.75. The number of hydrogen-bond acceptors (Lipinski definition) is 3. The summed E-state index contributed by atoms with van der Waals surface area (Å²) in [7, 11) is 0. The van der Waals surface area contributed by atoms with Crippen molar-refractivity contribution in [2.45, 2.75) is 53.5 Å². The van der Waals surface area contributed by atoms with Gasteiger partial charge >= 0.3 is 0 Å². The summed E-state index contributed by atoms with van der Waals surface area (Å²) < 4.78 is 0. The van der Waals surface area contributed by atoms with Gasteiger partial charge in [-0.15, -0.1) is 0 Å². The summed E-state index contributed by atoms with van der Waals surface area (Å²) >= 11 is 0. The van der Waals surface area contributed by atoms with E-state index in [1.807, 2.05) is 25.7 Å². The number of carbonyl (C=O) groups is 1. The molecular formula is C16H33N3O. The Labute approximate surface area is 124 Å². The van der Waals surface area contributed by atoms with Crippen LogP contribution in [0.25, 0.3) is 0 Å². The average molecular weight is 283 g/mol. The molecule has 0 spiro atoms. The van der Waals surface area contributed by atoms with Crippen molar-refractivity contribution in [2.24, 2.45) is 17.1 Å². The van der Waals surface area contributed by atoms with Gasteiger partial charge in [-0.25, -0.2) is 0 Å². The summed E-state index contributed by atoms with van der Waals surface area (Å²) in [5.41, 5.74) is 5.93. The van der Waals surface area contributed by atoms with Gasteiger partial charge in [0.2, 0.25) is 5.91 Å². The molecule has 1 saturated heterocycles. The Hall–Kier alpha value is -0.610. The number of carbonyl (C=O) groups excluding carboxylic acids is 1. The lowest BCUT2D eigenvalue weighted by Gasteiger charge is -2.37. The Morgan fingerprint density at radius 3 is 2.15 bits per heavy atom. The number of rotatable bonds is 5. The Balaban J connectivity index is 2.44. The molecule has 20 heavy (non-hydrogen) atoms. The Morgan fingerprint density at radius 1 is 1.25 bits per heavy atom. The van der Waals surface area contributed by atoms with Crippen molar-refractivity contribution >= 4 is 5.91 Å². The second-order valence-electron chi connectivity index (χ2n) is 7.10. The van der Waals surface area contributed by atoms with Gasteiger partial charge in [-0.3, -0.25) is 4.79 Å². The second kappa shape index (κ2) is 7.41. The van der Waals surface area contributed by atoms with E-state index < -0.39 is 0 Å². The summed E-state index contributed by atoms with van der Waals surface area (Å²) in [4.78, 5) is 16.8. The first-order valence-electron chi connectivity index (χ1n) is 8.06. The molecule has 4 heteroatoms. The Kier molecular flexibility index (Phi) is 6.46. The van der Waals surface area contributed by atoms with E-state index in [9.17, 15) is 4.79 Å². The van der Waals surface area contributed by atoms with Crippen molar-refractivity contribution in [2.75, 3.05) is 32.7 Å². The lowest BCUT2D eigenvalue weighted by Crippen LogP contribution is -2.52. The van der Waals surface area contributed by atoms with E-state index >= 15 is 0 Å². The van der Waals surface area contributed by atoms with Gasteiger partial charge in [0.25, 0.3) is 0 Å². The molecule has 1 fully saturated rings. The molecule has 118 valence electrons. The van der Waals surface area contributed by atoms with E-state index in [4.69, 9.17) is 5.73 Å². The lowest BCUT2D eigenvalue weighted by molar-refractivity contribution is -0.136. The number of amides is 1. The minimum atomic E-state index is -0.387. The largest absolute Gasteiger partial charge is 0.341 e. The molecule has 4 nitrogen and oxygen atoms in total. The zero-order chi connectivity index (χ0) is 15.3. The Bertz CT molecular complexity index is 299. The molecule has 1 aliphatic heterocycles. The highest BCUT2D eigenvalue weighted by Crippen LogP contribution is 2.23. The van der Waals surface area contributed by atoms with Crippen molar-refractivity contribution in [3.05, 3.63) is 0 Å². The summed E-state index contributed by atoms with van der Waals surface area (Å²) in [5.74, 6) is 0.851. The van der Waals surface area contributed by atoms with Gasteiger partial charge in [0.05, 0.1) is 6.04 Å². The third-order valence-corrected chi connectivity index (χ3v) is 4.54. The molecule has 2 N–H and O–H groups in total. The van der Waals surface area contributed by atoms with Gasteiger partial charge in [-0.1, -0.05) is 34.6 Å². The number of piperidine rings is 1. The summed E-state index contributed by atoms with van der Waals surface area (Å²) in [6.45, 7) is 15.7. The molecule has 0 bridgehead atoms. The third kappa shape index (κ3) is 4.74. The molecule has 1 atom stereocenters. The lowest BCUT2D eigenvalue weighted by atomic mass is 9.86. The topological polar surface area (TPSA) is 49.6 Å². The van der Waals surface area contributed by atoms with Crippen LogP contribution in [-0.2, 0) is 4.79 Å². The smallest absolute Gasteiger partial charge is 0.240 e. The fraction of sp³-hybridized carbons (Fsp3) is 0.938. The molecule has 1 amide bonds. The highest BCUT2D eigenvalue weighted by atomic mass is 16.2. The van der Waals surface area contributed by atoms with Crippen LogP contribution in [0.5, 0.6) is 0 Å². The number of nitrogens with zero attached hydrogens (tertiary/aromatic N) is 2. The van der Waals surface area contributed by atoms with E-state index in [-0.39, 0.29) is 17.4 Å². The van der Waals surface area contributed by atoms with Crippen molar-refractivity contribution in [3.63, 3.8) is 0 Å². The number of hydrogen-bond donors (Lipinski definition) is 1. The van der Waals surface area contributed by atoms with Gasteiger partial charge in [0.15, 0.2) is 0 Å². The van der Waals surface area contributed by atoms with E-state index in [1.54, 1.807) is 0 Å². The summed E-state index contributed by atoms with van der Waals surface area (Å²) in [6.07, 6.45) is 2.22. The SMILES string of the molecule is CCN(CC)CC1CCN(C(=O)[C@@H](N)C(C)(C)C)CC1. The highest BCUT2D eigenvalue weighted by Gasteiger charge is 2.33. The molecule has 0 aromatic heterocycles. The first-order valence-corrected chi connectivity index (χ1v) is 8.06. The van der Waals surface area contributed by atoms with Crippen LogP contribution < -0.4 is 5.73 Å². The van der Waals surface area contributed by atoms with Crippen LogP contribution in [0, 0.1) is 11.3 Å². The van der Waals surface area contributed by atoms with E-state index in [2.05, 4.69) is 18.7 Å². The summed E-state index contributed by atoms with van der Waals surface area (Å²) in [5, 5.41) is 0. The van der Waals surface area contributed by atoms with E-state index in [0.29, 0.717) is 0 Å². The summed E-state index contributed by atoms with van der Waals surface area (Å²) in [6, 6.07) is -0.387. The molecule has 0 unspecified atom stereocenters. The fourth-order valence-electron chi connectivity index (χ4n) is 2.75. The quantitative estimate of drug-likeness (QED) is 0.839. The van der Waals surface area contributed by atoms with E-state index in [0.717, 1.165) is 44.9 Å². The molecule has 0 aromatic carbocycles. The zero-order valence-corrected chi connectivity index (χ0v) is 14.0. The van der Waals surface area contributed by atoms with Crippen molar-refractivity contribution in [3.8, 4) is 0 Å². The van der Waals surface area contributed by atoms with Crippen molar-refractivity contribution < 1.29 is 4.79 Å². The molecule has 0 radical (unpaired) electrons. The molecule has 1 rings (SSSR count). The molecule has 0 aromatic rings. The second-order valence-corrected chi connectivity index (χ2v) is 7.10. The average Bonchev–Trinajstić information content (AvgIpc) is 2.42. The van der Waals surface area contributed by atoms with Crippen LogP contribution in [0.2, 0.25) is 0 Å². The maximum absolute atomic E-state index is 12.4. The highest BCUT2D eigenvalue weighted by molar-refractivity contribution is 5.82. The molecular weight excluding hydrogens is 250 g/mol. The van der Waals surface area contributed by atoms with Crippen molar-refractivity contribution in [1.82, 2.24) is 9.80 Å². The van der Waals surface area contributed by atoms with Gasteiger partial charge in [0.1, 0.15) is 0 Å². The molecule has 1 heterocycles. The first kappa shape index (κ1) is 17.4. The van der Waals surface area contributed by atoms with Crippen LogP contribution in [0.15, 0.2) is 0 Å². The maximum atomic E-state index is 12.4. The Morgan fingerprint density at radius 2 is 1.75 bits per heavy atom. The molecule has 1 aliphatic rings. The number of likely N-dealkylation sites (tertiary alicyclic amines) is 1. The molecule has 0 aliphatic carbocycles. The van der Waals surface area contributed by atoms with Crippen LogP contribution in [0.4, 0.5) is 0 Å². The first-order chi connectivity index (χ1) is 9.29. The van der Waals surface area contributed by atoms with Crippen LogP contribution >= 0.6 is 0 Å². The number of nitrogens with two attached hydrogens (primary N) is 1. The van der Waals surface area contributed by atoms with Gasteiger partial charge in [0, 0.05) is 19.6 Å². The predicted molar refractivity (Wildman–Crippen MR) is 84.5 cm³/mol. The van der Waals surface area contributed by atoms with E-state index in [1.165, 1.54) is 6.54 Å². The van der Waals surface area contributed by atoms with Gasteiger partial charge < -0.3 is 15.5 Å². The van der Waals surface area contributed by atoms with Gasteiger partial charge in [-0.2, -0.15) is 0 Å². The maximum Gasteiger partial charge on any atom is 0.240 e. The van der Waals surface area contributed by atoms with Crippen molar-refractivity contribution in [1.29, 1.82) is 0 Å². The predicted octanol–water partition coefficient (Wildman–Crippen LogP) is 1.94. The monoisotopic (exact) mass is 283 g/mol. The van der Waals surface area contributed by atoms with Gasteiger partial charge in [-0.05, 0) is 37.3 Å². The van der Waals surface area contributed by atoms with Crippen LogP contribution in [0.3, 0.4) is 0 Å². The molecule has 0 saturated carbocycles. The standard InChI is InChI=1S/C16H33N3O/c1-6-18(7-2)12-13-8-10-19(11-9-13)15(20)14(17)16(3,4)5/h13-14H,6-12,17H2,1-5H3/t14-/m1/s1. The van der Waals surface area contributed by atoms with Crippen LogP contribution in [0.1, 0.15) is 47.5 Å². The zero-order valence-electron chi connectivity index (χ0n) is 14.0. The normalized spacial score (nSPS) is 19.4. The minimum absolute atomic E-state index is 0.124.